The van der Waals surface area contributed by atoms with Crippen molar-refractivity contribution in [3.8, 4) is 0 Å². The summed E-state index contributed by atoms with van der Waals surface area (Å²) in [6.45, 7) is 6.88. The highest BCUT2D eigenvalue weighted by atomic mass is 14.5. The molecule has 51 valence electrons. The topological polar surface area (TPSA) is 26.0 Å². The fraction of sp³-hybridized carbons (Fsp3) is 1.00. The molecule has 0 aromatic carbocycles. The van der Waals surface area contributed by atoms with E-state index in [2.05, 4.69) is 6.92 Å². The summed E-state index contributed by atoms with van der Waals surface area (Å²) in [6, 6.07) is 0. The molecule has 0 aromatic rings. The van der Waals surface area contributed by atoms with Crippen molar-refractivity contribution in [1.29, 1.82) is 0 Å². The van der Waals surface area contributed by atoms with E-state index in [1.54, 1.807) is 0 Å². The van der Waals surface area contributed by atoms with Crippen LogP contribution >= 0.6 is 0 Å². The molecule has 3 radical (unpaired) electrons. The van der Waals surface area contributed by atoms with E-state index in [9.17, 15) is 0 Å². The summed E-state index contributed by atoms with van der Waals surface area (Å²) in [6.07, 6.45) is 1.10. The van der Waals surface area contributed by atoms with Gasteiger partial charge in [-0.25, -0.2) is 0 Å². The Morgan fingerprint density at radius 2 is 1.38 bits per heavy atom. The zero-order valence-corrected chi connectivity index (χ0v) is 5.57. The molecule has 0 atom stereocenters. The summed E-state index contributed by atoms with van der Waals surface area (Å²) in [5.74, 6) is 0. The molecule has 2 N–H and O–H groups in total. The van der Waals surface area contributed by atoms with Gasteiger partial charge >= 0.3 is 0 Å². The molecule has 0 heterocycles. The molecule has 0 fully saturated rings. The summed E-state index contributed by atoms with van der Waals surface area (Å²) in [5.41, 5.74) is 5.03. The molecular weight excluding hydrogens is 96.9 g/mol. The third kappa shape index (κ3) is 145. The molecule has 0 saturated heterocycles. The van der Waals surface area contributed by atoms with Gasteiger partial charge in [0, 0.05) is 8.41 Å². The van der Waals surface area contributed by atoms with Gasteiger partial charge in [-0.1, -0.05) is 28.2 Å². The molecule has 0 spiro atoms. The van der Waals surface area contributed by atoms with Crippen molar-refractivity contribution in [1.82, 2.24) is 0 Å². The second-order valence-corrected chi connectivity index (χ2v) is 0.789. The lowest BCUT2D eigenvalue weighted by atomic mass is 10.5. The predicted molar refractivity (Wildman–Crippen MR) is 43.2 cm³/mol. The third-order valence-electron chi connectivity index (χ3n) is 0.289. The van der Waals surface area contributed by atoms with E-state index in [0.29, 0.717) is 0 Å². The number of rotatable bonds is 1. The standard InChI is InChI=1S/C3H9N.C2H6.CH4.B/c1-2-3-4;1-2;;/h2-4H2,1H3;1-2H3;1H4;. The molecule has 0 aliphatic rings. The summed E-state index contributed by atoms with van der Waals surface area (Å²) >= 11 is 0. The van der Waals surface area contributed by atoms with Crippen molar-refractivity contribution < 1.29 is 0 Å². The van der Waals surface area contributed by atoms with Crippen LogP contribution in [0, 0.1) is 0 Å². The largest absolute Gasteiger partial charge is 0.330 e. The van der Waals surface area contributed by atoms with Crippen molar-refractivity contribution in [2.24, 2.45) is 5.73 Å². The molecule has 0 saturated carbocycles. The van der Waals surface area contributed by atoms with Gasteiger partial charge in [0.1, 0.15) is 0 Å². The first-order valence-electron chi connectivity index (χ1n) is 2.62. The van der Waals surface area contributed by atoms with E-state index < -0.39 is 0 Å². The molecule has 0 aliphatic heterocycles. The van der Waals surface area contributed by atoms with Crippen LogP contribution in [0.25, 0.3) is 0 Å². The molecule has 0 unspecified atom stereocenters. The Kier molecular flexibility index (Phi) is 190. The number of hydrogen-bond donors (Lipinski definition) is 1. The van der Waals surface area contributed by atoms with Crippen LogP contribution in [0.1, 0.15) is 34.6 Å². The Morgan fingerprint density at radius 1 is 1.25 bits per heavy atom. The minimum atomic E-state index is 0. The zero-order valence-electron chi connectivity index (χ0n) is 5.57. The molecule has 1 nitrogen and oxygen atoms in total. The SMILES string of the molecule is C.CC.CCCN.[B]. The fourth-order valence-electron chi connectivity index (χ4n) is 0. The van der Waals surface area contributed by atoms with Gasteiger partial charge in [0.05, 0.1) is 0 Å². The molecule has 0 aliphatic carbocycles. The van der Waals surface area contributed by atoms with E-state index in [4.69, 9.17) is 5.73 Å². The average molecular weight is 116 g/mol. The van der Waals surface area contributed by atoms with Crippen LogP contribution in [0.15, 0.2) is 0 Å². The maximum Gasteiger partial charge on any atom is 0 e. The molecule has 0 aromatic heterocycles. The minimum absolute atomic E-state index is 0. The lowest BCUT2D eigenvalue weighted by molar-refractivity contribution is 0.932. The molecule has 0 amide bonds. The highest BCUT2D eigenvalue weighted by molar-refractivity contribution is 5.75. The first kappa shape index (κ1) is 24.4. The van der Waals surface area contributed by atoms with E-state index >= 15 is 0 Å². The van der Waals surface area contributed by atoms with Crippen LogP contribution in [-0.2, 0) is 0 Å². The highest BCUT2D eigenvalue weighted by Crippen LogP contribution is 1.57. The van der Waals surface area contributed by atoms with Crippen LogP contribution in [0.2, 0.25) is 0 Å². The molecule has 0 bridgehead atoms. The smallest absolute Gasteiger partial charge is 0 e. The van der Waals surface area contributed by atoms with Gasteiger partial charge in [-0.3, -0.25) is 0 Å². The Morgan fingerprint density at radius 3 is 1.38 bits per heavy atom. The highest BCUT2D eigenvalue weighted by Gasteiger charge is 1.55. The second-order valence-electron chi connectivity index (χ2n) is 0.789. The van der Waals surface area contributed by atoms with Crippen molar-refractivity contribution >= 4 is 8.41 Å². The van der Waals surface area contributed by atoms with Crippen LogP contribution in [0.4, 0.5) is 0 Å². The van der Waals surface area contributed by atoms with Gasteiger partial charge in [0.2, 0.25) is 0 Å². The van der Waals surface area contributed by atoms with Crippen molar-refractivity contribution in [2.75, 3.05) is 6.54 Å². The van der Waals surface area contributed by atoms with E-state index in [1.807, 2.05) is 13.8 Å². The Hall–Kier alpha value is 0.0249. The van der Waals surface area contributed by atoms with Gasteiger partial charge in [0.15, 0.2) is 0 Å². The number of hydrogen-bond acceptors (Lipinski definition) is 1. The van der Waals surface area contributed by atoms with E-state index in [-0.39, 0.29) is 15.8 Å². The van der Waals surface area contributed by atoms with E-state index in [1.165, 1.54) is 0 Å². The van der Waals surface area contributed by atoms with Crippen LogP contribution < -0.4 is 5.73 Å². The molecule has 2 heteroatoms. The first-order valence-corrected chi connectivity index (χ1v) is 2.62. The Bertz CT molecular complexity index is 10.5. The summed E-state index contributed by atoms with van der Waals surface area (Å²) in [4.78, 5) is 0. The Balaban J connectivity index is -0.0000000183. The molecule has 0 rings (SSSR count). The van der Waals surface area contributed by atoms with Crippen molar-refractivity contribution in [3.63, 3.8) is 0 Å². The van der Waals surface area contributed by atoms with Crippen molar-refractivity contribution in [3.05, 3.63) is 0 Å². The van der Waals surface area contributed by atoms with Gasteiger partial charge in [-0.05, 0) is 13.0 Å². The van der Waals surface area contributed by atoms with Crippen LogP contribution in [-0.4, -0.2) is 15.0 Å². The zero-order chi connectivity index (χ0) is 5.41. The Labute approximate surface area is 56.2 Å². The van der Waals surface area contributed by atoms with Gasteiger partial charge < -0.3 is 5.73 Å². The lowest BCUT2D eigenvalue weighted by Gasteiger charge is -1.70. The van der Waals surface area contributed by atoms with Crippen LogP contribution in [0.3, 0.4) is 0 Å². The predicted octanol–water partition coefficient (Wildman–Crippen LogP) is 1.64. The van der Waals surface area contributed by atoms with Gasteiger partial charge in [0.25, 0.3) is 0 Å². The summed E-state index contributed by atoms with van der Waals surface area (Å²) in [5, 5.41) is 0. The second kappa shape index (κ2) is 62.2. The first-order chi connectivity index (χ1) is 2.91. The molecule has 8 heavy (non-hydrogen) atoms. The quantitative estimate of drug-likeness (QED) is 0.517. The molecular formula is C6H19BN. The maximum absolute atomic E-state index is 5.03. The fourth-order valence-corrected chi connectivity index (χ4v) is 0. The monoisotopic (exact) mass is 116 g/mol. The van der Waals surface area contributed by atoms with Gasteiger partial charge in [-0.15, -0.1) is 0 Å². The third-order valence-corrected chi connectivity index (χ3v) is 0.289. The minimum Gasteiger partial charge on any atom is -0.330 e. The maximum atomic E-state index is 5.03. The van der Waals surface area contributed by atoms with Crippen molar-refractivity contribution in [2.45, 2.75) is 34.6 Å². The van der Waals surface area contributed by atoms with Crippen LogP contribution in [0.5, 0.6) is 0 Å². The summed E-state index contributed by atoms with van der Waals surface area (Å²) < 4.78 is 0. The average Bonchev–Trinajstić information content (AvgIpc) is 1.72. The summed E-state index contributed by atoms with van der Waals surface area (Å²) in [7, 11) is 0. The van der Waals surface area contributed by atoms with Gasteiger partial charge in [-0.2, -0.15) is 0 Å². The number of nitrogens with two attached hydrogens (primary N) is 1. The van der Waals surface area contributed by atoms with E-state index in [0.717, 1.165) is 13.0 Å². The lowest BCUT2D eigenvalue weighted by Crippen LogP contribution is -1.93. The normalized spacial score (nSPS) is 4.50.